The Bertz CT molecular complexity index is 1320. The fraction of sp³-hybridized carbons (Fsp3) is 0.407. The third-order valence-corrected chi connectivity index (χ3v) is 10.7. The van der Waals surface area contributed by atoms with Crippen LogP contribution in [0.25, 0.3) is 0 Å². The molecule has 1 unspecified atom stereocenters. The Hall–Kier alpha value is -3.90. The molecule has 3 heterocycles. The number of ether oxygens (including phenoxy) is 3. The lowest BCUT2D eigenvalue weighted by Gasteiger charge is -2.30. The summed E-state index contributed by atoms with van der Waals surface area (Å²) in [6.07, 6.45) is 1.08. The largest absolute Gasteiger partial charge is 0.479 e. The van der Waals surface area contributed by atoms with Crippen molar-refractivity contribution in [1.82, 2.24) is 15.3 Å². The number of methoxy groups -OCH3 is 2. The van der Waals surface area contributed by atoms with Gasteiger partial charge in [-0.2, -0.15) is 9.97 Å². The number of carbonyl (C=O) groups excluding carboxylic acids is 2. The highest BCUT2D eigenvalue weighted by molar-refractivity contribution is 6.89. The topological polar surface area (TPSA) is 128 Å². The van der Waals surface area contributed by atoms with E-state index >= 15 is 0 Å². The molecule has 2 aromatic heterocycles. The predicted molar refractivity (Wildman–Crippen MR) is 150 cm³/mol. The van der Waals surface area contributed by atoms with Gasteiger partial charge in [0.1, 0.15) is 5.75 Å². The number of nitrogens with one attached hydrogen (secondary N) is 2. The number of hydrogen-bond acceptors (Lipinski definition) is 9. The zero-order valence-corrected chi connectivity index (χ0v) is 24.2. The van der Waals surface area contributed by atoms with E-state index in [0.717, 1.165) is 12.5 Å². The monoisotopic (exact) mass is 553 g/mol. The number of furan rings is 1. The van der Waals surface area contributed by atoms with Crippen LogP contribution in [0.4, 0.5) is 11.6 Å². The first-order valence-electron chi connectivity index (χ1n) is 12.9. The standard InChI is InChI=1S/C27H35N5O6Si/c1-7-39(5,6)19-10-8-9-18(16-19)37-22-12-11-20(38-22)24(34)29-23-25(35-3)30-27(31-26(23)36-4)32-14-13-17(28-2)15-21(32)33/h8-12,16-17,28H,7,13-15H2,1-6H3,(H,29,34). The van der Waals surface area contributed by atoms with E-state index in [2.05, 4.69) is 46.7 Å². The molecule has 0 bridgehead atoms. The van der Waals surface area contributed by atoms with E-state index in [0.29, 0.717) is 18.7 Å². The minimum absolute atomic E-state index is 0.0157. The van der Waals surface area contributed by atoms with Crippen molar-refractivity contribution < 1.29 is 28.2 Å². The number of rotatable bonds is 10. The molecule has 1 aliphatic rings. The minimum atomic E-state index is -1.54. The maximum absolute atomic E-state index is 13.1. The van der Waals surface area contributed by atoms with Crippen molar-refractivity contribution in [1.29, 1.82) is 0 Å². The van der Waals surface area contributed by atoms with Crippen LogP contribution in [0.2, 0.25) is 19.1 Å². The highest BCUT2D eigenvalue weighted by atomic mass is 28.3. The maximum Gasteiger partial charge on any atom is 0.291 e. The van der Waals surface area contributed by atoms with Crippen molar-refractivity contribution >= 4 is 36.7 Å². The molecule has 1 aromatic carbocycles. The molecule has 11 nitrogen and oxygen atoms in total. The van der Waals surface area contributed by atoms with E-state index in [1.807, 2.05) is 25.2 Å². The van der Waals surface area contributed by atoms with Crippen molar-refractivity contribution in [3.05, 3.63) is 42.2 Å². The van der Waals surface area contributed by atoms with Gasteiger partial charge in [-0.15, -0.1) is 0 Å². The summed E-state index contributed by atoms with van der Waals surface area (Å²) in [7, 11) is 3.11. The molecule has 1 atom stereocenters. The first-order chi connectivity index (χ1) is 18.7. The van der Waals surface area contributed by atoms with Crippen molar-refractivity contribution in [3.63, 3.8) is 0 Å². The highest BCUT2D eigenvalue weighted by Crippen LogP contribution is 2.35. The molecule has 3 aromatic rings. The summed E-state index contributed by atoms with van der Waals surface area (Å²) >= 11 is 0. The Morgan fingerprint density at radius 3 is 2.49 bits per heavy atom. The lowest BCUT2D eigenvalue weighted by atomic mass is 10.1. The van der Waals surface area contributed by atoms with Crippen LogP contribution in [0.5, 0.6) is 23.5 Å². The number of anilines is 2. The van der Waals surface area contributed by atoms with Crippen LogP contribution in [0.15, 0.2) is 40.8 Å². The van der Waals surface area contributed by atoms with Gasteiger partial charge in [-0.3, -0.25) is 14.5 Å². The van der Waals surface area contributed by atoms with Gasteiger partial charge in [0.05, 0.1) is 22.3 Å². The van der Waals surface area contributed by atoms with Crippen LogP contribution in [0.1, 0.15) is 30.3 Å². The molecule has 39 heavy (non-hydrogen) atoms. The van der Waals surface area contributed by atoms with Crippen LogP contribution in [0.3, 0.4) is 0 Å². The van der Waals surface area contributed by atoms with Gasteiger partial charge in [0.15, 0.2) is 11.4 Å². The van der Waals surface area contributed by atoms with E-state index in [1.165, 1.54) is 30.4 Å². The summed E-state index contributed by atoms with van der Waals surface area (Å²) in [5, 5.41) is 7.10. The molecular weight excluding hydrogens is 518 g/mol. The number of piperidine rings is 1. The second-order valence-electron chi connectivity index (χ2n) is 9.88. The Labute approximate surface area is 228 Å². The lowest BCUT2D eigenvalue weighted by molar-refractivity contribution is -0.120. The van der Waals surface area contributed by atoms with E-state index < -0.39 is 14.0 Å². The number of nitrogens with zero attached hydrogens (tertiary/aromatic N) is 3. The second-order valence-corrected chi connectivity index (χ2v) is 14.9. The second kappa shape index (κ2) is 11.9. The van der Waals surface area contributed by atoms with Gasteiger partial charge in [0, 0.05) is 25.1 Å². The van der Waals surface area contributed by atoms with Crippen molar-refractivity contribution in [2.75, 3.05) is 38.0 Å². The number of hydrogen-bond donors (Lipinski definition) is 2. The smallest absolute Gasteiger partial charge is 0.291 e. The van der Waals surface area contributed by atoms with E-state index in [-0.39, 0.29) is 47.1 Å². The van der Waals surface area contributed by atoms with Crippen molar-refractivity contribution in [3.8, 4) is 23.5 Å². The van der Waals surface area contributed by atoms with Gasteiger partial charge < -0.3 is 29.3 Å². The lowest BCUT2D eigenvalue weighted by Crippen LogP contribution is -2.45. The third-order valence-electron chi connectivity index (χ3n) is 7.05. The van der Waals surface area contributed by atoms with Gasteiger partial charge in [-0.05, 0) is 31.7 Å². The predicted octanol–water partition coefficient (Wildman–Crippen LogP) is 3.78. The van der Waals surface area contributed by atoms with Crippen molar-refractivity contribution in [2.24, 2.45) is 0 Å². The SMILES string of the molecule is CC[Si](C)(C)c1cccc(Oc2ccc(C(=O)Nc3c(OC)nc(N4CCC(NC)CC4=O)nc3OC)o2)c1. The average Bonchev–Trinajstić information content (AvgIpc) is 3.41. The number of carbonyl (C=O) groups is 2. The molecule has 1 aliphatic heterocycles. The molecule has 208 valence electrons. The van der Waals surface area contributed by atoms with Gasteiger partial charge >= 0.3 is 0 Å². The summed E-state index contributed by atoms with van der Waals surface area (Å²) in [4.78, 5) is 35.9. The minimum Gasteiger partial charge on any atom is -0.479 e. The molecule has 1 saturated heterocycles. The number of aromatic nitrogens is 2. The Balaban J connectivity index is 1.51. The van der Waals surface area contributed by atoms with Crippen LogP contribution < -0.4 is 34.9 Å². The van der Waals surface area contributed by atoms with Gasteiger partial charge in [0.25, 0.3) is 11.9 Å². The average molecular weight is 554 g/mol. The van der Waals surface area contributed by atoms with Gasteiger partial charge in [-0.25, -0.2) is 0 Å². The van der Waals surface area contributed by atoms with Crippen LogP contribution in [-0.2, 0) is 4.79 Å². The normalized spacial score (nSPS) is 15.7. The molecule has 12 heteroatoms. The first-order valence-corrected chi connectivity index (χ1v) is 16.1. The fourth-order valence-corrected chi connectivity index (χ4v) is 5.69. The molecule has 4 rings (SSSR count). The molecule has 1 fully saturated rings. The fourth-order valence-electron chi connectivity index (χ4n) is 4.20. The summed E-state index contributed by atoms with van der Waals surface area (Å²) in [6.45, 7) is 7.26. The quantitative estimate of drug-likeness (QED) is 0.361. The van der Waals surface area contributed by atoms with Crippen molar-refractivity contribution in [2.45, 2.75) is 44.9 Å². The Kier molecular flexibility index (Phi) is 8.56. The van der Waals surface area contributed by atoms with Crippen LogP contribution in [-0.4, -0.2) is 63.7 Å². The van der Waals surface area contributed by atoms with E-state index in [9.17, 15) is 9.59 Å². The summed E-state index contributed by atoms with van der Waals surface area (Å²) < 4.78 is 22.4. The number of benzene rings is 1. The molecule has 0 spiro atoms. The van der Waals surface area contributed by atoms with E-state index in [1.54, 1.807) is 6.07 Å². The van der Waals surface area contributed by atoms with E-state index in [4.69, 9.17) is 18.6 Å². The third kappa shape index (κ3) is 6.23. The molecule has 2 N–H and O–H groups in total. The summed E-state index contributed by atoms with van der Waals surface area (Å²) in [5.74, 6) is 0.402. The maximum atomic E-state index is 13.1. The van der Waals surface area contributed by atoms with Gasteiger partial charge in [0.2, 0.25) is 23.6 Å². The Morgan fingerprint density at radius 2 is 1.87 bits per heavy atom. The molecule has 0 saturated carbocycles. The van der Waals surface area contributed by atoms with Crippen LogP contribution in [0, 0.1) is 0 Å². The molecular formula is C27H35N5O6Si. The van der Waals surface area contributed by atoms with Gasteiger partial charge in [-0.1, -0.05) is 43.4 Å². The zero-order valence-electron chi connectivity index (χ0n) is 23.2. The van der Waals surface area contributed by atoms with Crippen LogP contribution >= 0.6 is 0 Å². The molecule has 0 aliphatic carbocycles. The molecule has 0 radical (unpaired) electrons. The Morgan fingerprint density at radius 1 is 1.15 bits per heavy atom. The highest BCUT2D eigenvalue weighted by Gasteiger charge is 2.30. The summed E-state index contributed by atoms with van der Waals surface area (Å²) in [5.41, 5.74) is 0.115. The zero-order chi connectivity index (χ0) is 28.2. The summed E-state index contributed by atoms with van der Waals surface area (Å²) in [6, 6.07) is 12.3. The first kappa shape index (κ1) is 28.1. The number of amides is 2. The molecule has 2 amide bonds.